The Bertz CT molecular complexity index is 603. The van der Waals surface area contributed by atoms with Gasteiger partial charge in [-0.2, -0.15) is 0 Å². The van der Waals surface area contributed by atoms with Gasteiger partial charge >= 0.3 is 0 Å². The molecule has 4 atom stereocenters. The van der Waals surface area contributed by atoms with E-state index in [2.05, 4.69) is 15.0 Å². The molecule has 0 spiro atoms. The molecule has 9 nitrogen and oxygen atoms in total. The molecule has 5 N–H and O–H groups in total. The maximum atomic E-state index is 9.96. The fourth-order valence-electron chi connectivity index (χ4n) is 2.20. The zero-order chi connectivity index (χ0) is 13.6. The number of imidazole rings is 1. The topological polar surface area (TPSA) is 140 Å². The van der Waals surface area contributed by atoms with E-state index in [9.17, 15) is 10.2 Å². The molecule has 0 saturated carbocycles. The smallest absolute Gasteiger partial charge is 0.183 e. The summed E-state index contributed by atoms with van der Waals surface area (Å²) >= 11 is 0. The van der Waals surface area contributed by atoms with Gasteiger partial charge < -0.3 is 25.8 Å². The Morgan fingerprint density at radius 3 is 2.74 bits per heavy atom. The Morgan fingerprint density at radius 2 is 2.05 bits per heavy atom. The van der Waals surface area contributed by atoms with Crippen molar-refractivity contribution in [3.8, 4) is 0 Å². The Labute approximate surface area is 107 Å². The minimum atomic E-state index is -1.20. The lowest BCUT2D eigenvalue weighted by Crippen LogP contribution is -2.33. The maximum Gasteiger partial charge on any atom is 0.183 e. The molecule has 3 heterocycles. The van der Waals surface area contributed by atoms with E-state index in [1.807, 2.05) is 0 Å². The largest absolute Gasteiger partial charge is 0.394 e. The molecule has 1 saturated heterocycles. The lowest BCUT2D eigenvalue weighted by Gasteiger charge is -2.17. The molecule has 1 aliphatic rings. The Balaban J connectivity index is 2.06. The van der Waals surface area contributed by atoms with Gasteiger partial charge in [-0.15, -0.1) is 0 Å². The molecular weight excluding hydrogens is 254 g/mol. The zero-order valence-corrected chi connectivity index (χ0v) is 9.79. The first kappa shape index (κ1) is 12.2. The van der Waals surface area contributed by atoms with Gasteiger partial charge in [-0.25, -0.2) is 15.0 Å². The van der Waals surface area contributed by atoms with Crippen LogP contribution in [0.2, 0.25) is 0 Å². The van der Waals surface area contributed by atoms with Crippen LogP contribution >= 0.6 is 0 Å². The summed E-state index contributed by atoms with van der Waals surface area (Å²) in [6, 6.07) is 0. The van der Waals surface area contributed by atoms with Gasteiger partial charge in [0, 0.05) is 0 Å². The third-order valence-electron chi connectivity index (χ3n) is 3.19. The highest BCUT2D eigenvalue weighted by Crippen LogP contribution is 2.32. The Hall–Kier alpha value is -1.81. The molecule has 19 heavy (non-hydrogen) atoms. The Morgan fingerprint density at radius 1 is 1.26 bits per heavy atom. The number of hydrogen-bond acceptors (Lipinski definition) is 8. The summed E-state index contributed by atoms with van der Waals surface area (Å²) in [7, 11) is 0. The first-order chi connectivity index (χ1) is 9.13. The van der Waals surface area contributed by atoms with E-state index < -0.39 is 31.1 Å². The highest BCUT2D eigenvalue weighted by Gasteiger charge is 2.43. The molecule has 0 radical (unpaired) electrons. The van der Waals surface area contributed by atoms with E-state index in [1.54, 1.807) is 0 Å². The molecule has 0 bridgehead atoms. The molecular formula is C10H13N5O4. The predicted octanol–water partition coefficient (Wildman–Crippen LogP) is -1.98. The van der Waals surface area contributed by atoms with E-state index in [0.717, 1.165) is 0 Å². The fourth-order valence-corrected chi connectivity index (χ4v) is 2.20. The van der Waals surface area contributed by atoms with Crippen LogP contribution in [0.4, 0.5) is 5.82 Å². The number of nitrogens with two attached hydrogens (primary N) is 1. The predicted molar refractivity (Wildman–Crippen MR) is 62.7 cm³/mol. The molecule has 3 rings (SSSR count). The summed E-state index contributed by atoms with van der Waals surface area (Å²) in [5.41, 5.74) is 6.54. The average molecular weight is 267 g/mol. The summed E-state index contributed by atoms with van der Waals surface area (Å²) in [5.74, 6) is 0.195. The van der Waals surface area contributed by atoms with Crippen LogP contribution in [0.25, 0.3) is 11.2 Å². The van der Waals surface area contributed by atoms with Crippen molar-refractivity contribution in [2.24, 2.45) is 0 Å². The molecule has 0 aliphatic carbocycles. The quantitative estimate of drug-likeness (QED) is 0.491. The van der Waals surface area contributed by atoms with Crippen LogP contribution in [0.3, 0.4) is 0 Å². The van der Waals surface area contributed by atoms with E-state index in [1.165, 1.54) is 17.2 Å². The molecule has 2 aromatic heterocycles. The van der Waals surface area contributed by atoms with Gasteiger partial charge in [0.1, 0.15) is 36.5 Å². The number of ether oxygens (including phenoxy) is 1. The molecule has 1 fully saturated rings. The fraction of sp³-hybridized carbons (Fsp3) is 0.500. The van der Waals surface area contributed by atoms with Gasteiger partial charge in [-0.3, -0.25) is 4.57 Å². The second kappa shape index (κ2) is 4.38. The van der Waals surface area contributed by atoms with E-state index in [-0.39, 0.29) is 5.82 Å². The first-order valence-electron chi connectivity index (χ1n) is 5.69. The van der Waals surface area contributed by atoms with Crippen molar-refractivity contribution >= 4 is 17.0 Å². The van der Waals surface area contributed by atoms with Crippen LogP contribution in [0.5, 0.6) is 0 Å². The highest BCUT2D eigenvalue weighted by molar-refractivity contribution is 5.81. The molecule has 0 aromatic carbocycles. The van der Waals surface area contributed by atoms with Crippen molar-refractivity contribution in [2.45, 2.75) is 24.5 Å². The van der Waals surface area contributed by atoms with Crippen molar-refractivity contribution in [3.05, 3.63) is 12.7 Å². The Kier molecular flexibility index (Phi) is 2.82. The standard InChI is InChI=1S/C10H13N5O4/c11-8-5-9(13-2-12-8)14-3-15(5)10-7(18)6(17)4(1-16)19-10/h2-4,6-7,10,16-18H,1H2,(H2,11,12,13)/t4-,6-,7+,10+/m1/s1. The molecule has 0 amide bonds. The van der Waals surface area contributed by atoms with Crippen LogP contribution in [-0.4, -0.2) is 59.8 Å². The van der Waals surface area contributed by atoms with Gasteiger partial charge in [0.25, 0.3) is 0 Å². The van der Waals surface area contributed by atoms with Gasteiger partial charge in [0.05, 0.1) is 6.61 Å². The molecule has 0 unspecified atom stereocenters. The van der Waals surface area contributed by atoms with Gasteiger partial charge in [0.2, 0.25) is 0 Å². The lowest BCUT2D eigenvalue weighted by molar-refractivity contribution is -0.0508. The SMILES string of the molecule is Nc1ncnc2ncn([C@H]3O[C@H](CO)[C@@H](O)[C@@H]3O)c12. The minimum absolute atomic E-state index is 0.195. The summed E-state index contributed by atoms with van der Waals surface area (Å²) in [6.45, 7) is -0.395. The van der Waals surface area contributed by atoms with E-state index in [4.69, 9.17) is 15.6 Å². The number of aromatic nitrogens is 4. The van der Waals surface area contributed by atoms with Crippen molar-refractivity contribution in [1.82, 2.24) is 19.5 Å². The zero-order valence-electron chi connectivity index (χ0n) is 9.79. The number of nitrogens with zero attached hydrogens (tertiary/aromatic N) is 4. The molecule has 2 aromatic rings. The van der Waals surface area contributed by atoms with Crippen molar-refractivity contribution in [2.75, 3.05) is 12.3 Å². The summed E-state index contributed by atoms with van der Waals surface area (Å²) in [6.07, 6.45) is -1.45. The molecule has 102 valence electrons. The number of anilines is 1. The number of rotatable bonds is 2. The number of aliphatic hydroxyl groups is 3. The van der Waals surface area contributed by atoms with Gasteiger partial charge in [0.15, 0.2) is 17.7 Å². The van der Waals surface area contributed by atoms with Gasteiger partial charge in [-0.1, -0.05) is 0 Å². The third-order valence-corrected chi connectivity index (χ3v) is 3.19. The maximum absolute atomic E-state index is 9.96. The minimum Gasteiger partial charge on any atom is -0.394 e. The molecule has 1 aliphatic heterocycles. The average Bonchev–Trinajstić information content (AvgIpc) is 2.94. The number of fused-ring (bicyclic) bond motifs is 1. The third kappa shape index (κ3) is 1.75. The van der Waals surface area contributed by atoms with Crippen LogP contribution < -0.4 is 5.73 Å². The number of nitrogen functional groups attached to an aromatic ring is 1. The van der Waals surface area contributed by atoms with E-state index >= 15 is 0 Å². The lowest BCUT2D eigenvalue weighted by atomic mass is 10.1. The van der Waals surface area contributed by atoms with E-state index in [0.29, 0.717) is 11.2 Å². The summed E-state index contributed by atoms with van der Waals surface area (Å²) < 4.78 is 6.86. The highest BCUT2D eigenvalue weighted by atomic mass is 16.6. The van der Waals surface area contributed by atoms with Crippen LogP contribution in [0.1, 0.15) is 6.23 Å². The monoisotopic (exact) mass is 267 g/mol. The van der Waals surface area contributed by atoms with Crippen molar-refractivity contribution in [1.29, 1.82) is 0 Å². The van der Waals surface area contributed by atoms with Crippen LogP contribution in [0, 0.1) is 0 Å². The normalized spacial score (nSPS) is 31.1. The van der Waals surface area contributed by atoms with Crippen LogP contribution in [0.15, 0.2) is 12.7 Å². The van der Waals surface area contributed by atoms with Crippen LogP contribution in [-0.2, 0) is 4.74 Å². The second-order valence-corrected chi connectivity index (χ2v) is 4.31. The van der Waals surface area contributed by atoms with Crippen molar-refractivity contribution < 1.29 is 20.1 Å². The number of hydrogen-bond donors (Lipinski definition) is 4. The molecule has 9 heteroatoms. The second-order valence-electron chi connectivity index (χ2n) is 4.31. The van der Waals surface area contributed by atoms with Gasteiger partial charge in [-0.05, 0) is 0 Å². The number of aliphatic hydroxyl groups excluding tert-OH is 3. The summed E-state index contributed by atoms with van der Waals surface area (Å²) in [4.78, 5) is 11.8. The summed E-state index contributed by atoms with van der Waals surface area (Å²) in [5, 5.41) is 28.8. The first-order valence-corrected chi connectivity index (χ1v) is 5.69. The van der Waals surface area contributed by atoms with Crippen molar-refractivity contribution in [3.63, 3.8) is 0 Å².